The van der Waals surface area contributed by atoms with E-state index in [-0.39, 0.29) is 12.8 Å². The van der Waals surface area contributed by atoms with E-state index in [1.54, 1.807) is 6.20 Å². The third-order valence-corrected chi connectivity index (χ3v) is 1.52. The highest BCUT2D eigenvalue weighted by molar-refractivity contribution is 5.56. The fraction of sp³-hybridized carbons (Fsp3) is 0.556. The zero-order valence-corrected chi connectivity index (χ0v) is 7.63. The Balaban J connectivity index is 0.00000144. The molecule has 0 aliphatic heterocycles. The maximum atomic E-state index is 5.54. The van der Waals surface area contributed by atoms with Crippen molar-refractivity contribution in [2.24, 2.45) is 0 Å². The van der Waals surface area contributed by atoms with Crippen LogP contribution in [0.3, 0.4) is 0 Å². The standard InChI is InChI=1S/C8H14N4.CH4/c1-8(2,3)7-11-4-5(9)6(10)12-7;/h4H,9H2,1-3H3,(H2,10,11,12);1H4. The predicted octanol–water partition coefficient (Wildman–Crippen LogP) is 1.57. The zero-order chi connectivity index (χ0) is 9.35. The Labute approximate surface area is 79.4 Å². The van der Waals surface area contributed by atoms with Crippen LogP contribution in [-0.4, -0.2) is 9.97 Å². The molecule has 1 aromatic heterocycles. The van der Waals surface area contributed by atoms with E-state index in [9.17, 15) is 0 Å². The van der Waals surface area contributed by atoms with Gasteiger partial charge in [0.1, 0.15) is 11.6 Å². The molecule has 74 valence electrons. The number of rotatable bonds is 0. The topological polar surface area (TPSA) is 77.8 Å². The molecule has 4 nitrogen and oxygen atoms in total. The van der Waals surface area contributed by atoms with Crippen LogP contribution in [0.15, 0.2) is 6.20 Å². The molecule has 1 rings (SSSR count). The molecule has 0 unspecified atom stereocenters. The maximum Gasteiger partial charge on any atom is 0.150 e. The minimum Gasteiger partial charge on any atom is -0.394 e. The number of hydrogen-bond donors (Lipinski definition) is 2. The third kappa shape index (κ3) is 2.57. The summed E-state index contributed by atoms with van der Waals surface area (Å²) in [5, 5.41) is 0. The van der Waals surface area contributed by atoms with Crippen molar-refractivity contribution in [2.45, 2.75) is 33.6 Å². The second-order valence-corrected chi connectivity index (χ2v) is 3.78. The van der Waals surface area contributed by atoms with E-state index in [1.165, 1.54) is 0 Å². The highest BCUT2D eigenvalue weighted by Gasteiger charge is 2.17. The molecular weight excluding hydrogens is 164 g/mol. The lowest BCUT2D eigenvalue weighted by atomic mass is 9.96. The van der Waals surface area contributed by atoms with Crippen LogP contribution in [-0.2, 0) is 5.41 Å². The summed E-state index contributed by atoms with van der Waals surface area (Å²) in [6.45, 7) is 6.08. The summed E-state index contributed by atoms with van der Waals surface area (Å²) in [4.78, 5) is 8.18. The van der Waals surface area contributed by atoms with Crippen molar-refractivity contribution in [2.75, 3.05) is 11.5 Å². The van der Waals surface area contributed by atoms with Crippen LogP contribution in [0, 0.1) is 0 Å². The van der Waals surface area contributed by atoms with Gasteiger partial charge in [-0.2, -0.15) is 0 Å². The normalized spacial score (nSPS) is 10.7. The largest absolute Gasteiger partial charge is 0.394 e. The third-order valence-electron chi connectivity index (χ3n) is 1.52. The van der Waals surface area contributed by atoms with E-state index in [1.807, 2.05) is 20.8 Å². The summed E-state index contributed by atoms with van der Waals surface area (Å²) in [5.41, 5.74) is 11.4. The molecule has 1 heterocycles. The quantitative estimate of drug-likeness (QED) is 0.638. The Bertz CT molecular complexity index is 288. The number of nitrogens with two attached hydrogens (primary N) is 2. The Morgan fingerprint density at radius 1 is 1.23 bits per heavy atom. The lowest BCUT2D eigenvalue weighted by Crippen LogP contribution is -2.17. The molecule has 0 saturated carbocycles. The minimum atomic E-state index is -0.0815. The molecule has 1 aromatic rings. The molecule has 0 radical (unpaired) electrons. The molecule has 4 N–H and O–H groups in total. The number of anilines is 2. The van der Waals surface area contributed by atoms with Crippen LogP contribution in [0.2, 0.25) is 0 Å². The SMILES string of the molecule is C.CC(C)(C)c1ncc(N)c(N)n1. The van der Waals surface area contributed by atoms with E-state index >= 15 is 0 Å². The summed E-state index contributed by atoms with van der Waals surface area (Å²) in [6, 6.07) is 0. The molecule has 13 heavy (non-hydrogen) atoms. The summed E-state index contributed by atoms with van der Waals surface area (Å²) < 4.78 is 0. The average Bonchev–Trinajstić information content (AvgIpc) is 1.92. The first-order chi connectivity index (χ1) is 5.41. The van der Waals surface area contributed by atoms with Crippen molar-refractivity contribution < 1.29 is 0 Å². The van der Waals surface area contributed by atoms with Gasteiger partial charge in [0.15, 0.2) is 0 Å². The molecule has 4 heteroatoms. The fourth-order valence-corrected chi connectivity index (χ4v) is 0.766. The summed E-state index contributed by atoms with van der Waals surface area (Å²) in [5.74, 6) is 1.07. The maximum absolute atomic E-state index is 5.54. The summed E-state index contributed by atoms with van der Waals surface area (Å²) in [7, 11) is 0. The van der Waals surface area contributed by atoms with Crippen LogP contribution in [0.25, 0.3) is 0 Å². The minimum absolute atomic E-state index is 0. The van der Waals surface area contributed by atoms with Crippen molar-refractivity contribution in [1.82, 2.24) is 9.97 Å². The molecule has 0 aromatic carbocycles. The van der Waals surface area contributed by atoms with Gasteiger partial charge < -0.3 is 11.5 Å². The first kappa shape index (κ1) is 11.7. The van der Waals surface area contributed by atoms with Gasteiger partial charge in [0.25, 0.3) is 0 Å². The average molecular weight is 182 g/mol. The fourth-order valence-electron chi connectivity index (χ4n) is 0.766. The number of nitrogens with zero attached hydrogens (tertiary/aromatic N) is 2. The molecule has 0 bridgehead atoms. The second kappa shape index (κ2) is 3.60. The first-order valence-corrected chi connectivity index (χ1v) is 3.80. The zero-order valence-electron chi connectivity index (χ0n) is 7.63. The van der Waals surface area contributed by atoms with Crippen LogP contribution in [0.4, 0.5) is 11.5 Å². The van der Waals surface area contributed by atoms with E-state index in [4.69, 9.17) is 11.5 Å². The molecule has 0 atom stereocenters. The van der Waals surface area contributed by atoms with Gasteiger partial charge in [-0.25, -0.2) is 9.97 Å². The van der Waals surface area contributed by atoms with E-state index < -0.39 is 0 Å². The Kier molecular flexibility index (Phi) is 3.23. The molecular formula is C9H18N4. The van der Waals surface area contributed by atoms with Gasteiger partial charge in [0.2, 0.25) is 0 Å². The van der Waals surface area contributed by atoms with E-state index in [2.05, 4.69) is 9.97 Å². The van der Waals surface area contributed by atoms with Gasteiger partial charge >= 0.3 is 0 Å². The van der Waals surface area contributed by atoms with Crippen molar-refractivity contribution in [3.63, 3.8) is 0 Å². The van der Waals surface area contributed by atoms with Crippen molar-refractivity contribution in [1.29, 1.82) is 0 Å². The van der Waals surface area contributed by atoms with Gasteiger partial charge in [-0.3, -0.25) is 0 Å². The summed E-state index contributed by atoms with van der Waals surface area (Å²) in [6.07, 6.45) is 1.54. The Morgan fingerprint density at radius 2 is 1.77 bits per heavy atom. The van der Waals surface area contributed by atoms with Crippen LogP contribution >= 0.6 is 0 Å². The van der Waals surface area contributed by atoms with Crippen LogP contribution in [0.1, 0.15) is 34.0 Å². The molecule has 0 saturated heterocycles. The van der Waals surface area contributed by atoms with Gasteiger partial charge in [-0.05, 0) is 0 Å². The lowest BCUT2D eigenvalue weighted by molar-refractivity contribution is 0.546. The number of aromatic nitrogens is 2. The highest BCUT2D eigenvalue weighted by Crippen LogP contribution is 2.20. The van der Waals surface area contributed by atoms with Gasteiger partial charge in [0.05, 0.1) is 11.9 Å². The van der Waals surface area contributed by atoms with Crippen molar-refractivity contribution in [3.8, 4) is 0 Å². The highest BCUT2D eigenvalue weighted by atomic mass is 15.0. The molecule has 0 spiro atoms. The van der Waals surface area contributed by atoms with Gasteiger partial charge in [0, 0.05) is 5.41 Å². The van der Waals surface area contributed by atoms with Crippen molar-refractivity contribution in [3.05, 3.63) is 12.0 Å². The first-order valence-electron chi connectivity index (χ1n) is 3.80. The van der Waals surface area contributed by atoms with Crippen molar-refractivity contribution >= 4 is 11.5 Å². The van der Waals surface area contributed by atoms with Gasteiger partial charge in [-0.15, -0.1) is 0 Å². The lowest BCUT2D eigenvalue weighted by Gasteiger charge is -2.16. The summed E-state index contributed by atoms with van der Waals surface area (Å²) >= 11 is 0. The molecule has 0 aliphatic rings. The Hall–Kier alpha value is -1.32. The number of hydrogen-bond acceptors (Lipinski definition) is 4. The molecule has 0 amide bonds. The van der Waals surface area contributed by atoms with Gasteiger partial charge in [-0.1, -0.05) is 28.2 Å². The number of nitrogen functional groups attached to an aromatic ring is 2. The van der Waals surface area contributed by atoms with E-state index in [0.717, 1.165) is 0 Å². The van der Waals surface area contributed by atoms with E-state index in [0.29, 0.717) is 17.3 Å². The predicted molar refractivity (Wildman–Crippen MR) is 56.3 cm³/mol. The smallest absolute Gasteiger partial charge is 0.150 e. The Morgan fingerprint density at radius 3 is 2.15 bits per heavy atom. The second-order valence-electron chi connectivity index (χ2n) is 3.78. The van der Waals surface area contributed by atoms with Crippen LogP contribution < -0.4 is 11.5 Å². The molecule has 0 aliphatic carbocycles. The molecule has 0 fully saturated rings. The monoisotopic (exact) mass is 182 g/mol. The van der Waals surface area contributed by atoms with Crippen LogP contribution in [0.5, 0.6) is 0 Å².